The highest BCUT2D eigenvalue weighted by Gasteiger charge is 2.18. The fourth-order valence-electron chi connectivity index (χ4n) is 3.48. The number of hydrogen-bond acceptors (Lipinski definition) is 7. The molecule has 36 heavy (non-hydrogen) atoms. The summed E-state index contributed by atoms with van der Waals surface area (Å²) in [5.41, 5.74) is 2.21. The van der Waals surface area contributed by atoms with Crippen LogP contribution in [0.25, 0.3) is 17.1 Å². The van der Waals surface area contributed by atoms with Crippen molar-refractivity contribution in [2.24, 2.45) is 0 Å². The summed E-state index contributed by atoms with van der Waals surface area (Å²) in [6.45, 7) is 2.52. The lowest BCUT2D eigenvalue weighted by atomic mass is 10.2. The molecule has 1 heterocycles. The highest BCUT2D eigenvalue weighted by molar-refractivity contribution is 7.99. The molecule has 1 amide bonds. The van der Waals surface area contributed by atoms with Crippen LogP contribution in [0.1, 0.15) is 6.92 Å². The van der Waals surface area contributed by atoms with Crippen molar-refractivity contribution < 1.29 is 19.0 Å². The van der Waals surface area contributed by atoms with E-state index in [9.17, 15) is 4.79 Å². The Morgan fingerprint density at radius 1 is 0.972 bits per heavy atom. The van der Waals surface area contributed by atoms with Gasteiger partial charge in [0.2, 0.25) is 5.91 Å². The van der Waals surface area contributed by atoms with Crippen LogP contribution in [0.4, 0.5) is 5.69 Å². The van der Waals surface area contributed by atoms with E-state index in [0.717, 1.165) is 17.0 Å². The Kier molecular flexibility index (Phi) is 8.35. The highest BCUT2D eigenvalue weighted by Crippen LogP contribution is 2.31. The quantitative estimate of drug-likeness (QED) is 0.265. The van der Waals surface area contributed by atoms with Crippen LogP contribution in [0, 0.1) is 0 Å². The van der Waals surface area contributed by atoms with E-state index in [-0.39, 0.29) is 11.7 Å². The molecule has 8 nitrogen and oxygen atoms in total. The number of halogens is 1. The Bertz CT molecular complexity index is 1320. The second-order valence-electron chi connectivity index (χ2n) is 7.52. The van der Waals surface area contributed by atoms with Crippen LogP contribution in [0.2, 0.25) is 5.02 Å². The summed E-state index contributed by atoms with van der Waals surface area (Å²) in [6, 6.07) is 20.2. The molecule has 0 aliphatic carbocycles. The summed E-state index contributed by atoms with van der Waals surface area (Å²) in [6.07, 6.45) is 0. The van der Waals surface area contributed by atoms with Crippen molar-refractivity contribution in [3.8, 4) is 34.3 Å². The van der Waals surface area contributed by atoms with E-state index in [4.69, 9.17) is 25.8 Å². The van der Waals surface area contributed by atoms with Gasteiger partial charge in [-0.05, 0) is 43.3 Å². The van der Waals surface area contributed by atoms with Crippen LogP contribution in [0.5, 0.6) is 17.2 Å². The van der Waals surface area contributed by atoms with Crippen LogP contribution in [0.15, 0.2) is 71.9 Å². The molecule has 186 valence electrons. The lowest BCUT2D eigenvalue weighted by Gasteiger charge is -2.12. The van der Waals surface area contributed by atoms with E-state index in [1.807, 2.05) is 54.0 Å². The van der Waals surface area contributed by atoms with E-state index in [1.54, 1.807) is 38.5 Å². The number of thioether (sulfide) groups is 1. The van der Waals surface area contributed by atoms with Crippen molar-refractivity contribution in [3.63, 3.8) is 0 Å². The van der Waals surface area contributed by atoms with Gasteiger partial charge in [0.1, 0.15) is 17.2 Å². The molecule has 1 N–H and O–H groups in total. The molecule has 4 aromatic rings. The van der Waals surface area contributed by atoms with E-state index >= 15 is 0 Å². The Balaban J connectivity index is 1.59. The summed E-state index contributed by atoms with van der Waals surface area (Å²) in [5, 5.41) is 12.8. The Labute approximate surface area is 218 Å². The van der Waals surface area contributed by atoms with Crippen molar-refractivity contribution in [1.29, 1.82) is 0 Å². The molecule has 0 aliphatic rings. The smallest absolute Gasteiger partial charge is 0.234 e. The number of carbonyl (C=O) groups excluding carboxylic acids is 1. The predicted molar refractivity (Wildman–Crippen MR) is 142 cm³/mol. The number of carbonyl (C=O) groups is 1. The van der Waals surface area contributed by atoms with Gasteiger partial charge in [-0.2, -0.15) is 0 Å². The molecule has 0 spiro atoms. The largest absolute Gasteiger partial charge is 0.497 e. The molecule has 4 rings (SSSR count). The lowest BCUT2D eigenvalue weighted by Crippen LogP contribution is -2.14. The van der Waals surface area contributed by atoms with Crippen LogP contribution in [-0.2, 0) is 4.79 Å². The molecule has 1 aromatic heterocycles. The second-order valence-corrected chi connectivity index (χ2v) is 8.90. The topological polar surface area (TPSA) is 87.5 Å². The number of nitrogens with zero attached hydrogens (tertiary/aromatic N) is 3. The third-order valence-electron chi connectivity index (χ3n) is 5.09. The van der Waals surface area contributed by atoms with Gasteiger partial charge in [0, 0.05) is 40.2 Å². The standard InChI is InChI=1S/C26H25ClN4O4S/c1-4-35-21-10-8-20(9-11-21)31-25(17-6-5-7-18(27)12-17)29-30-26(31)36-16-24(32)28-19-13-22(33-2)15-23(14-19)34-3/h5-15H,4,16H2,1-3H3,(H,28,32). The fourth-order valence-corrected chi connectivity index (χ4v) is 4.42. The van der Waals surface area contributed by atoms with Gasteiger partial charge < -0.3 is 19.5 Å². The van der Waals surface area contributed by atoms with Gasteiger partial charge in [-0.3, -0.25) is 9.36 Å². The molecule has 0 aliphatic heterocycles. The van der Waals surface area contributed by atoms with Gasteiger partial charge in [-0.25, -0.2) is 0 Å². The molecular formula is C26H25ClN4O4S. The van der Waals surface area contributed by atoms with Crippen LogP contribution < -0.4 is 19.5 Å². The van der Waals surface area contributed by atoms with Crippen molar-refractivity contribution in [1.82, 2.24) is 14.8 Å². The average molecular weight is 525 g/mol. The Morgan fingerprint density at radius 2 is 1.69 bits per heavy atom. The van der Waals surface area contributed by atoms with Crippen molar-refractivity contribution in [3.05, 3.63) is 71.8 Å². The minimum absolute atomic E-state index is 0.115. The predicted octanol–water partition coefficient (Wildman–Crippen LogP) is 5.73. The summed E-state index contributed by atoms with van der Waals surface area (Å²) < 4.78 is 18.0. The zero-order valence-electron chi connectivity index (χ0n) is 20.0. The van der Waals surface area contributed by atoms with Crippen molar-refractivity contribution in [2.75, 3.05) is 31.9 Å². The molecule has 0 unspecified atom stereocenters. The zero-order chi connectivity index (χ0) is 25.5. The number of rotatable bonds is 10. The monoisotopic (exact) mass is 524 g/mol. The van der Waals surface area contributed by atoms with E-state index in [0.29, 0.717) is 39.8 Å². The van der Waals surface area contributed by atoms with Crippen LogP contribution >= 0.6 is 23.4 Å². The minimum Gasteiger partial charge on any atom is -0.497 e. The van der Waals surface area contributed by atoms with Gasteiger partial charge in [0.05, 0.1) is 26.6 Å². The molecule has 0 fully saturated rings. The number of benzene rings is 3. The number of hydrogen-bond donors (Lipinski definition) is 1. The molecule has 0 radical (unpaired) electrons. The van der Waals surface area contributed by atoms with Crippen molar-refractivity contribution in [2.45, 2.75) is 12.1 Å². The molecule has 0 atom stereocenters. The third kappa shape index (κ3) is 6.10. The first kappa shape index (κ1) is 25.4. The first-order valence-corrected chi connectivity index (χ1v) is 12.5. The summed E-state index contributed by atoms with van der Waals surface area (Å²) in [7, 11) is 3.11. The number of aromatic nitrogens is 3. The van der Waals surface area contributed by atoms with Crippen molar-refractivity contribution >= 4 is 35.0 Å². The summed E-state index contributed by atoms with van der Waals surface area (Å²) in [4.78, 5) is 12.8. The van der Waals surface area contributed by atoms with Gasteiger partial charge in [0.15, 0.2) is 11.0 Å². The number of ether oxygens (including phenoxy) is 3. The normalized spacial score (nSPS) is 10.7. The molecule has 10 heteroatoms. The number of amides is 1. The minimum atomic E-state index is -0.208. The van der Waals surface area contributed by atoms with Gasteiger partial charge in [0.25, 0.3) is 0 Å². The second kappa shape index (κ2) is 11.8. The highest BCUT2D eigenvalue weighted by atomic mass is 35.5. The Hall–Kier alpha value is -3.69. The number of methoxy groups -OCH3 is 2. The molecule has 0 bridgehead atoms. The maximum absolute atomic E-state index is 12.8. The maximum Gasteiger partial charge on any atom is 0.234 e. The van der Waals surface area contributed by atoms with Crippen LogP contribution in [-0.4, -0.2) is 47.3 Å². The third-order valence-corrected chi connectivity index (χ3v) is 6.25. The first-order chi connectivity index (χ1) is 17.5. The Morgan fingerprint density at radius 3 is 2.33 bits per heavy atom. The molecule has 3 aromatic carbocycles. The lowest BCUT2D eigenvalue weighted by molar-refractivity contribution is -0.113. The molecule has 0 saturated heterocycles. The zero-order valence-corrected chi connectivity index (χ0v) is 21.6. The summed E-state index contributed by atoms with van der Waals surface area (Å²) >= 11 is 7.50. The van der Waals surface area contributed by atoms with Gasteiger partial charge >= 0.3 is 0 Å². The SMILES string of the molecule is CCOc1ccc(-n2c(SCC(=O)Nc3cc(OC)cc(OC)c3)nnc2-c2cccc(Cl)c2)cc1. The first-order valence-electron chi connectivity index (χ1n) is 11.1. The molecular weight excluding hydrogens is 500 g/mol. The van der Waals surface area contributed by atoms with Crippen LogP contribution in [0.3, 0.4) is 0 Å². The average Bonchev–Trinajstić information content (AvgIpc) is 3.32. The number of anilines is 1. The van der Waals surface area contributed by atoms with E-state index < -0.39 is 0 Å². The maximum atomic E-state index is 12.8. The van der Waals surface area contributed by atoms with Gasteiger partial charge in [-0.1, -0.05) is 35.5 Å². The van der Waals surface area contributed by atoms with E-state index in [2.05, 4.69) is 15.5 Å². The molecule has 0 saturated carbocycles. The number of nitrogens with one attached hydrogen (secondary N) is 1. The van der Waals surface area contributed by atoms with E-state index in [1.165, 1.54) is 11.8 Å². The summed E-state index contributed by atoms with van der Waals surface area (Å²) in [5.74, 6) is 2.45. The fraction of sp³-hybridized carbons (Fsp3) is 0.192. The van der Waals surface area contributed by atoms with Gasteiger partial charge in [-0.15, -0.1) is 10.2 Å².